The molecule has 1 atom stereocenters. The van der Waals surface area contributed by atoms with Gasteiger partial charge in [0.2, 0.25) is 0 Å². The molecular formula is C11H10BrN3OS. The molecule has 6 heteroatoms. The van der Waals surface area contributed by atoms with Gasteiger partial charge in [0, 0.05) is 4.47 Å². The van der Waals surface area contributed by atoms with E-state index in [0.717, 1.165) is 21.6 Å². The number of carbonyl (C=O) groups is 1. The lowest BCUT2D eigenvalue weighted by molar-refractivity contribution is 0.0944. The second-order valence-corrected chi connectivity index (χ2v) is 5.23. The summed E-state index contributed by atoms with van der Waals surface area (Å²) in [5.74, 6) is -0.143. The Morgan fingerprint density at radius 2 is 2.12 bits per heavy atom. The van der Waals surface area contributed by atoms with Crippen molar-refractivity contribution >= 4 is 33.4 Å². The molecule has 0 aliphatic heterocycles. The van der Waals surface area contributed by atoms with Gasteiger partial charge in [-0.05, 0) is 36.2 Å². The van der Waals surface area contributed by atoms with Crippen LogP contribution in [0.2, 0.25) is 0 Å². The Labute approximate surface area is 111 Å². The van der Waals surface area contributed by atoms with Crippen LogP contribution in [0.1, 0.15) is 28.2 Å². The molecule has 0 saturated heterocycles. The highest BCUT2D eigenvalue weighted by molar-refractivity contribution is 9.10. The molecule has 2 rings (SSSR count). The maximum Gasteiger partial charge on any atom is 0.265 e. The number of nitrogens with one attached hydrogen (secondary N) is 1. The number of carbonyl (C=O) groups excluding carboxylic acids is 1. The SMILES string of the molecule is CC(NC(=O)c1cnns1)c1ccc(Br)cc1. The number of benzene rings is 1. The maximum atomic E-state index is 11.8. The summed E-state index contributed by atoms with van der Waals surface area (Å²) in [5.41, 5.74) is 1.05. The molecule has 88 valence electrons. The standard InChI is InChI=1S/C11H10BrN3OS/c1-7(8-2-4-9(12)5-3-8)14-11(16)10-6-13-15-17-10/h2-7H,1H3,(H,14,16). The van der Waals surface area contributed by atoms with Crippen LogP contribution >= 0.6 is 27.5 Å². The van der Waals surface area contributed by atoms with Crippen molar-refractivity contribution in [2.24, 2.45) is 0 Å². The molecule has 0 spiro atoms. The minimum Gasteiger partial charge on any atom is -0.345 e. The molecule has 1 heterocycles. The van der Waals surface area contributed by atoms with E-state index in [-0.39, 0.29) is 11.9 Å². The number of halogens is 1. The summed E-state index contributed by atoms with van der Waals surface area (Å²) < 4.78 is 4.68. The number of aromatic nitrogens is 2. The Hall–Kier alpha value is -1.27. The smallest absolute Gasteiger partial charge is 0.265 e. The van der Waals surface area contributed by atoms with Crippen molar-refractivity contribution in [1.29, 1.82) is 0 Å². The second kappa shape index (κ2) is 5.37. The highest BCUT2D eigenvalue weighted by Gasteiger charge is 2.12. The van der Waals surface area contributed by atoms with Crippen LogP contribution < -0.4 is 5.32 Å². The van der Waals surface area contributed by atoms with E-state index in [2.05, 4.69) is 30.8 Å². The fourth-order valence-electron chi connectivity index (χ4n) is 1.37. The zero-order chi connectivity index (χ0) is 12.3. The van der Waals surface area contributed by atoms with Crippen molar-refractivity contribution < 1.29 is 4.79 Å². The molecule has 1 unspecified atom stereocenters. The van der Waals surface area contributed by atoms with E-state index in [4.69, 9.17) is 0 Å². The van der Waals surface area contributed by atoms with Gasteiger partial charge in [-0.25, -0.2) is 0 Å². The van der Waals surface area contributed by atoms with E-state index >= 15 is 0 Å². The first-order valence-corrected chi connectivity index (χ1v) is 6.57. The second-order valence-electron chi connectivity index (χ2n) is 3.53. The summed E-state index contributed by atoms with van der Waals surface area (Å²) in [6.07, 6.45) is 1.47. The minimum absolute atomic E-state index is 0.0438. The Morgan fingerprint density at radius 1 is 1.41 bits per heavy atom. The van der Waals surface area contributed by atoms with E-state index in [1.807, 2.05) is 31.2 Å². The largest absolute Gasteiger partial charge is 0.345 e. The molecule has 1 aromatic carbocycles. The lowest BCUT2D eigenvalue weighted by Gasteiger charge is -2.13. The fourth-order valence-corrected chi connectivity index (χ4v) is 2.05. The van der Waals surface area contributed by atoms with Gasteiger partial charge in [0.1, 0.15) is 4.88 Å². The van der Waals surface area contributed by atoms with Crippen molar-refractivity contribution in [1.82, 2.24) is 14.9 Å². The third-order valence-electron chi connectivity index (χ3n) is 2.30. The average Bonchev–Trinajstić information content (AvgIpc) is 2.83. The van der Waals surface area contributed by atoms with E-state index in [0.29, 0.717) is 4.88 Å². The Bertz CT molecular complexity index is 498. The molecule has 0 aliphatic rings. The first-order valence-electron chi connectivity index (χ1n) is 5.00. The highest BCUT2D eigenvalue weighted by Crippen LogP contribution is 2.17. The van der Waals surface area contributed by atoms with E-state index in [1.54, 1.807) is 0 Å². The quantitative estimate of drug-likeness (QED) is 0.948. The Morgan fingerprint density at radius 3 is 2.71 bits per heavy atom. The number of rotatable bonds is 3. The molecule has 2 aromatic rings. The van der Waals surface area contributed by atoms with Gasteiger partial charge in [-0.3, -0.25) is 4.79 Å². The predicted molar refractivity (Wildman–Crippen MR) is 69.9 cm³/mol. The number of hydrogen-bond donors (Lipinski definition) is 1. The van der Waals surface area contributed by atoms with Crippen LogP contribution in [0.15, 0.2) is 34.9 Å². The molecule has 0 radical (unpaired) electrons. The lowest BCUT2D eigenvalue weighted by atomic mass is 10.1. The minimum atomic E-state index is -0.143. The van der Waals surface area contributed by atoms with Crippen molar-refractivity contribution in [3.05, 3.63) is 45.4 Å². The molecule has 1 aromatic heterocycles. The van der Waals surface area contributed by atoms with Gasteiger partial charge in [0.05, 0.1) is 12.2 Å². The third-order valence-corrected chi connectivity index (χ3v) is 3.49. The Kier molecular flexibility index (Phi) is 3.86. The third kappa shape index (κ3) is 3.10. The van der Waals surface area contributed by atoms with Crippen LogP contribution in [0.5, 0.6) is 0 Å². The maximum absolute atomic E-state index is 11.8. The molecule has 0 aliphatic carbocycles. The summed E-state index contributed by atoms with van der Waals surface area (Å²) >= 11 is 4.46. The van der Waals surface area contributed by atoms with Gasteiger partial charge in [0.25, 0.3) is 5.91 Å². The average molecular weight is 312 g/mol. The monoisotopic (exact) mass is 311 g/mol. The van der Waals surface area contributed by atoms with Gasteiger partial charge >= 0.3 is 0 Å². The Balaban J connectivity index is 2.04. The zero-order valence-electron chi connectivity index (χ0n) is 9.05. The van der Waals surface area contributed by atoms with Crippen molar-refractivity contribution in [2.45, 2.75) is 13.0 Å². The van der Waals surface area contributed by atoms with Crippen LogP contribution in [0.25, 0.3) is 0 Å². The first-order chi connectivity index (χ1) is 8.16. The van der Waals surface area contributed by atoms with E-state index < -0.39 is 0 Å². The molecule has 0 saturated carbocycles. The van der Waals surface area contributed by atoms with Crippen molar-refractivity contribution in [2.75, 3.05) is 0 Å². The van der Waals surface area contributed by atoms with E-state index in [9.17, 15) is 4.79 Å². The molecule has 4 nitrogen and oxygen atoms in total. The van der Waals surface area contributed by atoms with Crippen molar-refractivity contribution in [3.8, 4) is 0 Å². The number of hydrogen-bond acceptors (Lipinski definition) is 4. The summed E-state index contributed by atoms with van der Waals surface area (Å²) in [7, 11) is 0. The van der Waals surface area contributed by atoms with Crippen LogP contribution in [0.3, 0.4) is 0 Å². The summed E-state index contributed by atoms with van der Waals surface area (Å²) in [6, 6.07) is 7.80. The molecule has 0 fully saturated rings. The van der Waals surface area contributed by atoms with Gasteiger partial charge in [-0.2, -0.15) is 0 Å². The predicted octanol–water partition coefficient (Wildman–Crippen LogP) is 2.79. The first kappa shape index (κ1) is 12.2. The van der Waals surface area contributed by atoms with Crippen LogP contribution in [-0.4, -0.2) is 15.5 Å². The summed E-state index contributed by atoms with van der Waals surface area (Å²) in [5, 5.41) is 6.53. The molecule has 0 bridgehead atoms. The van der Waals surface area contributed by atoms with Gasteiger partial charge < -0.3 is 5.32 Å². The van der Waals surface area contributed by atoms with Gasteiger partial charge in [-0.1, -0.05) is 32.6 Å². The van der Waals surface area contributed by atoms with Gasteiger partial charge in [-0.15, -0.1) is 5.10 Å². The summed E-state index contributed by atoms with van der Waals surface area (Å²) in [4.78, 5) is 12.3. The van der Waals surface area contributed by atoms with Gasteiger partial charge in [0.15, 0.2) is 0 Å². The number of nitrogens with zero attached hydrogens (tertiary/aromatic N) is 2. The topological polar surface area (TPSA) is 54.9 Å². The van der Waals surface area contributed by atoms with Crippen molar-refractivity contribution in [3.63, 3.8) is 0 Å². The fraction of sp³-hybridized carbons (Fsp3) is 0.182. The van der Waals surface area contributed by atoms with Crippen LogP contribution in [-0.2, 0) is 0 Å². The lowest BCUT2D eigenvalue weighted by Crippen LogP contribution is -2.25. The molecular weight excluding hydrogens is 302 g/mol. The number of amides is 1. The summed E-state index contributed by atoms with van der Waals surface area (Å²) in [6.45, 7) is 1.94. The van der Waals surface area contributed by atoms with E-state index in [1.165, 1.54) is 6.20 Å². The molecule has 1 N–H and O–H groups in total. The molecule has 1 amide bonds. The zero-order valence-corrected chi connectivity index (χ0v) is 11.5. The van der Waals surface area contributed by atoms with Crippen LogP contribution in [0.4, 0.5) is 0 Å². The normalized spacial score (nSPS) is 12.1. The van der Waals surface area contributed by atoms with Crippen LogP contribution in [0, 0.1) is 0 Å². The highest BCUT2D eigenvalue weighted by atomic mass is 79.9. The molecule has 17 heavy (non-hydrogen) atoms.